The molecular weight excluding hydrogens is 264 g/mol. The second-order valence-electron chi connectivity index (χ2n) is 7.07. The van der Waals surface area contributed by atoms with Crippen molar-refractivity contribution < 1.29 is 15.0 Å². The van der Waals surface area contributed by atoms with Crippen molar-refractivity contribution in [1.29, 1.82) is 0 Å². The van der Waals surface area contributed by atoms with E-state index in [4.69, 9.17) is 0 Å². The van der Waals surface area contributed by atoms with Crippen molar-refractivity contribution >= 4 is 6.29 Å². The highest BCUT2D eigenvalue weighted by molar-refractivity contribution is 5.57. The molecule has 0 aromatic heterocycles. The maximum absolute atomic E-state index is 11.3. The van der Waals surface area contributed by atoms with Gasteiger partial charge in [0.25, 0.3) is 0 Å². The van der Waals surface area contributed by atoms with Crippen LogP contribution in [0.2, 0.25) is 0 Å². The third-order valence-electron chi connectivity index (χ3n) is 6.12. The fourth-order valence-electron chi connectivity index (χ4n) is 4.53. The average Bonchev–Trinajstić information content (AvgIpc) is 2.77. The molecule has 3 rings (SSSR count). The summed E-state index contributed by atoms with van der Waals surface area (Å²) in [5.41, 5.74) is 1.13. The van der Waals surface area contributed by atoms with Crippen molar-refractivity contribution in [2.75, 3.05) is 0 Å². The topological polar surface area (TPSA) is 57.5 Å². The van der Waals surface area contributed by atoms with Gasteiger partial charge in [-0.1, -0.05) is 31.2 Å². The summed E-state index contributed by atoms with van der Waals surface area (Å²) in [7, 11) is 0. The first kappa shape index (κ1) is 14.7. The fraction of sp³-hybridized carbons (Fsp3) is 0.611. The Balaban J connectivity index is 1.86. The van der Waals surface area contributed by atoms with Gasteiger partial charge in [-0.15, -0.1) is 0 Å². The summed E-state index contributed by atoms with van der Waals surface area (Å²) in [6.07, 6.45) is 5.19. The van der Waals surface area contributed by atoms with E-state index >= 15 is 0 Å². The highest BCUT2D eigenvalue weighted by Crippen LogP contribution is 2.60. The normalized spacial score (nSPS) is 39.0. The van der Waals surface area contributed by atoms with Gasteiger partial charge in [0.1, 0.15) is 6.29 Å². The van der Waals surface area contributed by atoms with Gasteiger partial charge < -0.3 is 15.0 Å². The first-order valence-corrected chi connectivity index (χ1v) is 7.90. The number of rotatable bonds is 3. The van der Waals surface area contributed by atoms with Crippen molar-refractivity contribution in [3.63, 3.8) is 0 Å². The highest BCUT2D eigenvalue weighted by Gasteiger charge is 2.58. The van der Waals surface area contributed by atoms with E-state index in [0.29, 0.717) is 5.92 Å². The number of hydrogen-bond donors (Lipinski definition) is 2. The number of benzene rings is 1. The van der Waals surface area contributed by atoms with Crippen LogP contribution in [0.5, 0.6) is 0 Å². The Bertz CT molecular complexity index is 541. The Hall–Kier alpha value is -1.19. The summed E-state index contributed by atoms with van der Waals surface area (Å²) in [4.78, 5) is 11.3. The largest absolute Gasteiger partial charge is 0.392 e. The summed E-state index contributed by atoms with van der Waals surface area (Å²) < 4.78 is 0. The molecule has 2 aliphatic carbocycles. The van der Waals surface area contributed by atoms with Gasteiger partial charge in [-0.3, -0.25) is 0 Å². The molecule has 3 nitrogen and oxygen atoms in total. The molecule has 114 valence electrons. The maximum atomic E-state index is 11.3. The summed E-state index contributed by atoms with van der Waals surface area (Å²) in [6.45, 7) is 2.13. The summed E-state index contributed by atoms with van der Waals surface area (Å²) in [5, 5.41) is 20.4. The first-order chi connectivity index (χ1) is 10.0. The monoisotopic (exact) mass is 288 g/mol. The van der Waals surface area contributed by atoms with Crippen molar-refractivity contribution in [3.05, 3.63) is 35.4 Å². The number of fused-ring (bicyclic) bond motifs is 1. The number of aliphatic hydroxyl groups excluding tert-OH is 1. The summed E-state index contributed by atoms with van der Waals surface area (Å²) >= 11 is 0. The molecule has 0 amide bonds. The lowest BCUT2D eigenvalue weighted by molar-refractivity contribution is -0.128. The lowest BCUT2D eigenvalue weighted by atomic mass is 9.59. The number of carbonyl (C=O) groups is 1. The Kier molecular flexibility index (Phi) is 3.66. The molecular formula is C18H24O3. The minimum absolute atomic E-state index is 0.00720. The van der Waals surface area contributed by atoms with E-state index in [-0.39, 0.29) is 17.9 Å². The van der Waals surface area contributed by atoms with Crippen LogP contribution < -0.4 is 0 Å². The molecule has 0 radical (unpaired) electrons. The lowest BCUT2D eigenvalue weighted by Crippen LogP contribution is -2.49. The standard InChI is InChI=1S/C18H24O3/c1-17-7-5-15(14-4-2-3-13(9-14)11-19)10-18(17,21)8-6-16(17)12-20/h2-4,9,12,15-16,19,21H,5-8,10-11H2,1H3/t15-,16+,17+,18-/m0/s1. The summed E-state index contributed by atoms with van der Waals surface area (Å²) in [6, 6.07) is 8.02. The Morgan fingerprint density at radius 3 is 2.86 bits per heavy atom. The van der Waals surface area contributed by atoms with Gasteiger partial charge in [0.15, 0.2) is 0 Å². The van der Waals surface area contributed by atoms with E-state index in [9.17, 15) is 15.0 Å². The molecule has 2 N–H and O–H groups in total. The molecule has 4 atom stereocenters. The zero-order valence-corrected chi connectivity index (χ0v) is 12.6. The van der Waals surface area contributed by atoms with Crippen molar-refractivity contribution in [2.24, 2.45) is 11.3 Å². The van der Waals surface area contributed by atoms with Crippen molar-refractivity contribution in [2.45, 2.75) is 57.2 Å². The number of carbonyl (C=O) groups excluding carboxylic acids is 1. The Morgan fingerprint density at radius 1 is 1.33 bits per heavy atom. The maximum Gasteiger partial charge on any atom is 0.123 e. The predicted octanol–water partition coefficient (Wildman–Crippen LogP) is 2.79. The molecule has 3 heteroatoms. The average molecular weight is 288 g/mol. The molecule has 0 spiro atoms. The van der Waals surface area contributed by atoms with E-state index in [1.807, 2.05) is 18.2 Å². The molecule has 1 aromatic rings. The van der Waals surface area contributed by atoms with Gasteiger partial charge in [0.05, 0.1) is 12.2 Å². The number of aldehydes is 1. The molecule has 21 heavy (non-hydrogen) atoms. The minimum atomic E-state index is -0.725. The van der Waals surface area contributed by atoms with Crippen LogP contribution in [0.1, 0.15) is 56.1 Å². The molecule has 1 aromatic carbocycles. The third kappa shape index (κ3) is 2.23. The molecule has 0 saturated heterocycles. The molecule has 0 heterocycles. The van der Waals surface area contributed by atoms with E-state index in [1.54, 1.807) is 0 Å². The number of aliphatic hydroxyl groups is 2. The zero-order chi connectivity index (χ0) is 15.1. The van der Waals surface area contributed by atoms with Gasteiger partial charge in [-0.25, -0.2) is 0 Å². The van der Waals surface area contributed by atoms with E-state index in [0.717, 1.165) is 44.0 Å². The van der Waals surface area contributed by atoms with E-state index < -0.39 is 5.60 Å². The lowest BCUT2D eigenvalue weighted by Gasteiger charge is -2.48. The Morgan fingerprint density at radius 2 is 2.14 bits per heavy atom. The van der Waals surface area contributed by atoms with Gasteiger partial charge in [0, 0.05) is 11.3 Å². The zero-order valence-electron chi connectivity index (χ0n) is 12.6. The quantitative estimate of drug-likeness (QED) is 0.841. The van der Waals surface area contributed by atoms with E-state index in [1.165, 1.54) is 5.56 Å². The van der Waals surface area contributed by atoms with Crippen LogP contribution in [0.15, 0.2) is 24.3 Å². The summed E-state index contributed by atoms with van der Waals surface area (Å²) in [5.74, 6) is 0.312. The molecule has 2 aliphatic rings. The highest BCUT2D eigenvalue weighted by atomic mass is 16.3. The molecule has 0 bridgehead atoms. The van der Waals surface area contributed by atoms with Crippen LogP contribution in [-0.2, 0) is 11.4 Å². The van der Waals surface area contributed by atoms with Crippen LogP contribution in [-0.4, -0.2) is 22.1 Å². The van der Waals surface area contributed by atoms with Gasteiger partial charge in [-0.05, 0) is 49.1 Å². The Labute approximate surface area is 126 Å². The van der Waals surface area contributed by atoms with Crippen LogP contribution in [0.25, 0.3) is 0 Å². The molecule has 2 fully saturated rings. The SMILES string of the molecule is C[C@]12CC[C@H](c3cccc(CO)c3)C[C@@]1(O)CC[C@@H]2C=O. The van der Waals surface area contributed by atoms with E-state index in [2.05, 4.69) is 13.0 Å². The second kappa shape index (κ2) is 5.22. The van der Waals surface area contributed by atoms with Crippen LogP contribution in [0.3, 0.4) is 0 Å². The molecule has 0 aliphatic heterocycles. The van der Waals surface area contributed by atoms with Crippen molar-refractivity contribution in [3.8, 4) is 0 Å². The van der Waals surface area contributed by atoms with Crippen LogP contribution in [0.4, 0.5) is 0 Å². The minimum Gasteiger partial charge on any atom is -0.392 e. The van der Waals surface area contributed by atoms with Crippen LogP contribution in [0, 0.1) is 11.3 Å². The molecule has 0 unspecified atom stereocenters. The number of hydrogen-bond acceptors (Lipinski definition) is 3. The van der Waals surface area contributed by atoms with Gasteiger partial charge >= 0.3 is 0 Å². The third-order valence-corrected chi connectivity index (χ3v) is 6.12. The van der Waals surface area contributed by atoms with Gasteiger partial charge in [-0.2, -0.15) is 0 Å². The van der Waals surface area contributed by atoms with Gasteiger partial charge in [0.2, 0.25) is 0 Å². The van der Waals surface area contributed by atoms with Crippen LogP contribution >= 0.6 is 0 Å². The smallest absolute Gasteiger partial charge is 0.123 e. The first-order valence-electron chi connectivity index (χ1n) is 7.90. The fourth-order valence-corrected chi connectivity index (χ4v) is 4.53. The predicted molar refractivity (Wildman–Crippen MR) is 80.8 cm³/mol. The molecule has 2 saturated carbocycles. The second-order valence-corrected chi connectivity index (χ2v) is 7.07. The van der Waals surface area contributed by atoms with Crippen molar-refractivity contribution in [1.82, 2.24) is 0 Å².